The summed E-state index contributed by atoms with van der Waals surface area (Å²) in [5.74, 6) is -3.11. The molecule has 0 N–H and O–H groups in total. The van der Waals surface area contributed by atoms with Crippen LogP contribution in [-0.2, 0) is 19.1 Å². The first kappa shape index (κ1) is 14.9. The Bertz CT molecular complexity index is 874. The summed E-state index contributed by atoms with van der Waals surface area (Å²) in [6.45, 7) is 1.50. The van der Waals surface area contributed by atoms with Gasteiger partial charge >= 0.3 is 5.97 Å². The maximum absolute atomic E-state index is 12.1. The lowest BCUT2D eigenvalue weighted by atomic mass is 9.95. The molecule has 0 spiro atoms. The van der Waals surface area contributed by atoms with Crippen LogP contribution in [0.25, 0.3) is 16.8 Å². The fraction of sp³-hybridized carbons (Fsp3) is 0.105. The van der Waals surface area contributed by atoms with Gasteiger partial charge in [-0.2, -0.15) is 0 Å². The van der Waals surface area contributed by atoms with Crippen molar-refractivity contribution in [2.24, 2.45) is 5.92 Å². The van der Waals surface area contributed by atoms with E-state index in [1.165, 1.54) is 19.1 Å². The molecule has 1 atom stereocenters. The highest BCUT2D eigenvalue weighted by atomic mass is 16.5. The highest BCUT2D eigenvalue weighted by Crippen LogP contribution is 2.19. The molecule has 1 aliphatic rings. The fourth-order valence-corrected chi connectivity index (χ4v) is 2.49. The second kappa shape index (κ2) is 6.01. The minimum absolute atomic E-state index is 0.211. The molecule has 0 saturated carbocycles. The summed E-state index contributed by atoms with van der Waals surface area (Å²) in [5.41, 5.74) is 0.820. The van der Waals surface area contributed by atoms with Crippen molar-refractivity contribution in [3.8, 4) is 0 Å². The van der Waals surface area contributed by atoms with E-state index in [0.29, 0.717) is 0 Å². The predicted octanol–water partition coefficient (Wildman–Crippen LogP) is 3.07. The van der Waals surface area contributed by atoms with Crippen LogP contribution in [0.15, 0.2) is 60.4 Å². The minimum atomic E-state index is -1.39. The fourth-order valence-electron chi connectivity index (χ4n) is 2.49. The molecule has 2 aromatic carbocycles. The van der Waals surface area contributed by atoms with Crippen LogP contribution in [0.2, 0.25) is 0 Å². The molecule has 0 radical (unpaired) electrons. The minimum Gasteiger partial charge on any atom is -0.430 e. The number of esters is 1. The Balaban J connectivity index is 1.82. The molecule has 0 aliphatic carbocycles. The first-order valence-electron chi connectivity index (χ1n) is 7.19. The van der Waals surface area contributed by atoms with Crippen LogP contribution in [0, 0.1) is 5.92 Å². The lowest BCUT2D eigenvalue weighted by molar-refractivity contribution is -0.151. The quantitative estimate of drug-likeness (QED) is 0.497. The van der Waals surface area contributed by atoms with Crippen molar-refractivity contribution in [2.45, 2.75) is 6.92 Å². The first-order chi connectivity index (χ1) is 11.0. The van der Waals surface area contributed by atoms with Gasteiger partial charge < -0.3 is 4.74 Å². The monoisotopic (exact) mass is 306 g/mol. The summed E-state index contributed by atoms with van der Waals surface area (Å²) in [6.07, 6.45) is 4.02. The summed E-state index contributed by atoms with van der Waals surface area (Å²) in [6, 6.07) is 13.6. The number of ether oxygens (including phenoxy) is 1. The number of carbonyl (C=O) groups excluding carboxylic acids is 3. The number of hydrogen-bond donors (Lipinski definition) is 0. The Morgan fingerprint density at radius 2 is 1.83 bits per heavy atom. The summed E-state index contributed by atoms with van der Waals surface area (Å²) >= 11 is 0. The van der Waals surface area contributed by atoms with Crippen LogP contribution in [0.1, 0.15) is 12.5 Å². The number of carbonyl (C=O) groups is 3. The van der Waals surface area contributed by atoms with Gasteiger partial charge in [-0.25, -0.2) is 0 Å². The lowest BCUT2D eigenvalue weighted by Gasteiger charge is -2.15. The maximum Gasteiger partial charge on any atom is 0.329 e. The molecular formula is C19H14O4. The number of allylic oxidation sites excluding steroid dienone is 3. The number of ketones is 2. The zero-order chi connectivity index (χ0) is 16.4. The van der Waals surface area contributed by atoms with Crippen molar-refractivity contribution >= 4 is 34.4 Å². The maximum atomic E-state index is 12.1. The summed E-state index contributed by atoms with van der Waals surface area (Å²) < 4.78 is 4.85. The molecule has 2 aromatic rings. The van der Waals surface area contributed by atoms with Gasteiger partial charge in [-0.1, -0.05) is 42.5 Å². The summed E-state index contributed by atoms with van der Waals surface area (Å²) in [7, 11) is 0. The van der Waals surface area contributed by atoms with Crippen molar-refractivity contribution < 1.29 is 19.1 Å². The van der Waals surface area contributed by atoms with E-state index in [1.807, 2.05) is 42.5 Å². The number of rotatable bonds is 3. The SMILES string of the molecule is CC1=CC(=O)C(C(=O)/C=C/c2ccc3ccccc3c2)C(=O)O1. The molecule has 114 valence electrons. The van der Waals surface area contributed by atoms with Crippen molar-refractivity contribution in [3.63, 3.8) is 0 Å². The standard InChI is InChI=1S/C19H14O4/c1-12-10-17(21)18(19(22)23-12)16(20)9-7-13-6-8-14-4-2-3-5-15(14)11-13/h2-11,18H,1H3/b9-7+. The average molecular weight is 306 g/mol. The molecule has 0 fully saturated rings. The van der Waals surface area contributed by atoms with Gasteiger partial charge in [-0.15, -0.1) is 0 Å². The van der Waals surface area contributed by atoms with E-state index in [9.17, 15) is 14.4 Å². The second-order valence-corrected chi connectivity index (χ2v) is 5.35. The largest absolute Gasteiger partial charge is 0.430 e. The van der Waals surface area contributed by atoms with Gasteiger partial charge in [0.2, 0.25) is 0 Å². The Hall–Kier alpha value is -3.01. The van der Waals surface area contributed by atoms with Gasteiger partial charge in [0.25, 0.3) is 0 Å². The van der Waals surface area contributed by atoms with E-state index in [4.69, 9.17) is 4.74 Å². The third kappa shape index (κ3) is 3.11. The third-order valence-electron chi connectivity index (χ3n) is 3.63. The molecule has 0 aromatic heterocycles. The molecule has 0 amide bonds. The van der Waals surface area contributed by atoms with Gasteiger partial charge in [0.15, 0.2) is 17.5 Å². The highest BCUT2D eigenvalue weighted by Gasteiger charge is 2.36. The summed E-state index contributed by atoms with van der Waals surface area (Å²) in [5, 5.41) is 2.15. The van der Waals surface area contributed by atoms with E-state index in [2.05, 4.69) is 0 Å². The molecule has 0 bridgehead atoms. The number of cyclic esters (lactones) is 1. The Morgan fingerprint density at radius 1 is 1.09 bits per heavy atom. The van der Waals surface area contributed by atoms with Gasteiger partial charge in [-0.3, -0.25) is 14.4 Å². The van der Waals surface area contributed by atoms with Crippen molar-refractivity contribution in [3.05, 3.63) is 65.9 Å². The molecule has 1 heterocycles. The molecule has 0 saturated heterocycles. The van der Waals surface area contributed by atoms with Crippen molar-refractivity contribution in [1.29, 1.82) is 0 Å². The molecule has 1 unspecified atom stereocenters. The average Bonchev–Trinajstić information content (AvgIpc) is 2.51. The van der Waals surface area contributed by atoms with E-state index >= 15 is 0 Å². The first-order valence-corrected chi connectivity index (χ1v) is 7.19. The second-order valence-electron chi connectivity index (χ2n) is 5.35. The number of hydrogen-bond acceptors (Lipinski definition) is 4. The zero-order valence-electron chi connectivity index (χ0n) is 12.5. The highest BCUT2D eigenvalue weighted by molar-refractivity contribution is 6.25. The Morgan fingerprint density at radius 3 is 2.57 bits per heavy atom. The van der Waals surface area contributed by atoms with Crippen LogP contribution in [0.4, 0.5) is 0 Å². The van der Waals surface area contributed by atoms with E-state index in [-0.39, 0.29) is 5.76 Å². The topological polar surface area (TPSA) is 60.4 Å². The van der Waals surface area contributed by atoms with Crippen LogP contribution in [0.3, 0.4) is 0 Å². The predicted molar refractivity (Wildman–Crippen MR) is 86.3 cm³/mol. The van der Waals surface area contributed by atoms with Gasteiger partial charge in [0.1, 0.15) is 5.76 Å². The van der Waals surface area contributed by atoms with Gasteiger partial charge in [0.05, 0.1) is 0 Å². The number of fused-ring (bicyclic) bond motifs is 1. The normalized spacial score (nSPS) is 18.1. The Kier molecular flexibility index (Phi) is 3.89. The van der Waals surface area contributed by atoms with Gasteiger partial charge in [0, 0.05) is 6.08 Å². The molecule has 3 rings (SSSR count). The van der Waals surface area contributed by atoms with Crippen LogP contribution in [-0.4, -0.2) is 17.5 Å². The number of benzene rings is 2. The Labute approximate surface area is 133 Å². The molecule has 4 heteroatoms. The zero-order valence-corrected chi connectivity index (χ0v) is 12.5. The van der Waals surface area contributed by atoms with Crippen molar-refractivity contribution in [2.75, 3.05) is 0 Å². The molecule has 23 heavy (non-hydrogen) atoms. The van der Waals surface area contributed by atoms with E-state index < -0.39 is 23.5 Å². The molecule has 4 nitrogen and oxygen atoms in total. The van der Waals surface area contributed by atoms with E-state index in [0.717, 1.165) is 16.3 Å². The van der Waals surface area contributed by atoms with E-state index in [1.54, 1.807) is 6.08 Å². The van der Waals surface area contributed by atoms with Gasteiger partial charge in [-0.05, 0) is 35.4 Å². The lowest BCUT2D eigenvalue weighted by Crippen LogP contribution is -2.34. The van der Waals surface area contributed by atoms with Crippen molar-refractivity contribution in [1.82, 2.24) is 0 Å². The smallest absolute Gasteiger partial charge is 0.329 e. The van der Waals surface area contributed by atoms with Crippen LogP contribution in [0.5, 0.6) is 0 Å². The molecular weight excluding hydrogens is 292 g/mol. The summed E-state index contributed by atoms with van der Waals surface area (Å²) in [4.78, 5) is 35.6. The van der Waals surface area contributed by atoms with Crippen LogP contribution < -0.4 is 0 Å². The molecule has 1 aliphatic heterocycles. The third-order valence-corrected chi connectivity index (χ3v) is 3.63. The van der Waals surface area contributed by atoms with Crippen LogP contribution >= 0.6 is 0 Å².